The van der Waals surface area contributed by atoms with Crippen LogP contribution < -0.4 is 0 Å². The number of hydrogen-bond acceptors (Lipinski definition) is 3. The highest BCUT2D eigenvalue weighted by atomic mass is 16.1. The van der Waals surface area contributed by atoms with Gasteiger partial charge in [0.15, 0.2) is 0 Å². The average molecular weight is 240 g/mol. The Labute approximate surface area is 106 Å². The standard InChI is InChI=1S/C14H28N2O/c1-5-8-14(2,12-17)11-16(4)13-7-6-9-15(3)10-13/h12-13H,5-11H2,1-4H3. The minimum absolute atomic E-state index is 0.167. The maximum Gasteiger partial charge on any atom is 0.127 e. The molecule has 0 amide bonds. The highest BCUT2D eigenvalue weighted by Gasteiger charge is 2.29. The number of hydrogen-bond donors (Lipinski definition) is 0. The molecule has 3 heteroatoms. The van der Waals surface area contributed by atoms with E-state index in [0.717, 1.165) is 32.2 Å². The SMILES string of the molecule is CCCC(C)(C=O)CN(C)C1CCCN(C)C1. The van der Waals surface area contributed by atoms with Crippen molar-refractivity contribution in [1.82, 2.24) is 9.80 Å². The van der Waals surface area contributed by atoms with E-state index < -0.39 is 0 Å². The van der Waals surface area contributed by atoms with Crippen LogP contribution in [0, 0.1) is 5.41 Å². The van der Waals surface area contributed by atoms with Crippen LogP contribution in [0.5, 0.6) is 0 Å². The lowest BCUT2D eigenvalue weighted by Crippen LogP contribution is -2.48. The molecule has 0 aromatic heterocycles. The predicted octanol–water partition coefficient (Wildman–Crippen LogP) is 2.02. The van der Waals surface area contributed by atoms with Gasteiger partial charge in [-0.05, 0) is 39.9 Å². The fourth-order valence-corrected chi connectivity index (χ4v) is 2.94. The Bertz CT molecular complexity index is 244. The minimum atomic E-state index is -0.167. The number of carbonyl (C=O) groups is 1. The molecular formula is C14H28N2O. The van der Waals surface area contributed by atoms with Gasteiger partial charge < -0.3 is 14.6 Å². The van der Waals surface area contributed by atoms with Gasteiger partial charge in [-0.2, -0.15) is 0 Å². The van der Waals surface area contributed by atoms with Crippen molar-refractivity contribution in [3.05, 3.63) is 0 Å². The first-order chi connectivity index (χ1) is 8.00. The molecule has 2 atom stereocenters. The fourth-order valence-electron chi connectivity index (χ4n) is 2.94. The van der Waals surface area contributed by atoms with E-state index in [4.69, 9.17) is 0 Å². The summed E-state index contributed by atoms with van der Waals surface area (Å²) in [6.07, 6.45) is 5.76. The van der Waals surface area contributed by atoms with Gasteiger partial charge in [-0.25, -0.2) is 0 Å². The first-order valence-corrected chi connectivity index (χ1v) is 6.86. The Morgan fingerprint density at radius 1 is 1.53 bits per heavy atom. The molecular weight excluding hydrogens is 212 g/mol. The molecule has 1 saturated heterocycles. The number of likely N-dealkylation sites (tertiary alicyclic amines) is 1. The Morgan fingerprint density at radius 3 is 2.76 bits per heavy atom. The average Bonchev–Trinajstić information content (AvgIpc) is 2.29. The summed E-state index contributed by atoms with van der Waals surface area (Å²) in [6.45, 7) is 7.48. The van der Waals surface area contributed by atoms with Crippen LogP contribution in [0.15, 0.2) is 0 Å². The van der Waals surface area contributed by atoms with E-state index in [1.54, 1.807) is 0 Å². The minimum Gasteiger partial charge on any atom is -0.305 e. The smallest absolute Gasteiger partial charge is 0.127 e. The van der Waals surface area contributed by atoms with Crippen LogP contribution in [0.4, 0.5) is 0 Å². The van der Waals surface area contributed by atoms with Crippen molar-refractivity contribution in [2.45, 2.75) is 45.6 Å². The van der Waals surface area contributed by atoms with Gasteiger partial charge in [0, 0.05) is 24.5 Å². The van der Waals surface area contributed by atoms with Gasteiger partial charge in [0.05, 0.1) is 0 Å². The summed E-state index contributed by atoms with van der Waals surface area (Å²) in [6, 6.07) is 0.616. The van der Waals surface area contributed by atoms with Crippen molar-refractivity contribution in [3.8, 4) is 0 Å². The third-order valence-corrected chi connectivity index (χ3v) is 3.94. The third-order valence-electron chi connectivity index (χ3n) is 3.94. The van der Waals surface area contributed by atoms with Crippen LogP contribution >= 0.6 is 0 Å². The van der Waals surface area contributed by atoms with Crippen molar-refractivity contribution >= 4 is 6.29 Å². The number of carbonyl (C=O) groups excluding carboxylic acids is 1. The topological polar surface area (TPSA) is 23.6 Å². The molecule has 2 unspecified atom stereocenters. The van der Waals surface area contributed by atoms with Crippen molar-refractivity contribution in [1.29, 1.82) is 0 Å². The molecule has 1 aliphatic heterocycles. The van der Waals surface area contributed by atoms with Crippen molar-refractivity contribution in [2.75, 3.05) is 33.7 Å². The summed E-state index contributed by atoms with van der Waals surface area (Å²) < 4.78 is 0. The van der Waals surface area contributed by atoms with Gasteiger partial charge in [0.25, 0.3) is 0 Å². The molecule has 0 bridgehead atoms. The fraction of sp³-hybridized carbons (Fsp3) is 0.929. The van der Waals surface area contributed by atoms with Gasteiger partial charge in [0.2, 0.25) is 0 Å². The van der Waals surface area contributed by atoms with E-state index in [9.17, 15) is 4.79 Å². The lowest BCUT2D eigenvalue weighted by molar-refractivity contribution is -0.117. The Morgan fingerprint density at radius 2 is 2.24 bits per heavy atom. The highest BCUT2D eigenvalue weighted by molar-refractivity contribution is 5.59. The number of nitrogens with zero attached hydrogens (tertiary/aromatic N) is 2. The molecule has 0 saturated carbocycles. The molecule has 0 spiro atoms. The summed E-state index contributed by atoms with van der Waals surface area (Å²) in [5.41, 5.74) is -0.167. The third kappa shape index (κ3) is 4.40. The second-order valence-electron chi connectivity index (χ2n) is 6.00. The number of likely N-dealkylation sites (N-methyl/N-ethyl adjacent to an activating group) is 2. The first kappa shape index (κ1) is 14.7. The summed E-state index contributed by atoms with van der Waals surface area (Å²) in [4.78, 5) is 16.0. The number of aldehydes is 1. The van der Waals surface area contributed by atoms with Gasteiger partial charge >= 0.3 is 0 Å². The van der Waals surface area contributed by atoms with Crippen LogP contribution in [0.1, 0.15) is 39.5 Å². The van der Waals surface area contributed by atoms with E-state index >= 15 is 0 Å². The van der Waals surface area contributed by atoms with Gasteiger partial charge in [-0.15, -0.1) is 0 Å². The molecule has 3 nitrogen and oxygen atoms in total. The maximum absolute atomic E-state index is 11.3. The van der Waals surface area contributed by atoms with Gasteiger partial charge in [-0.3, -0.25) is 0 Å². The molecule has 100 valence electrons. The second-order valence-corrected chi connectivity index (χ2v) is 6.00. The Kier molecular flexibility index (Phi) is 5.60. The lowest BCUT2D eigenvalue weighted by atomic mass is 9.86. The van der Waals surface area contributed by atoms with Crippen LogP contribution in [-0.2, 0) is 4.79 Å². The molecule has 17 heavy (non-hydrogen) atoms. The molecule has 1 rings (SSSR count). The zero-order chi connectivity index (χ0) is 12.9. The summed E-state index contributed by atoms with van der Waals surface area (Å²) in [5, 5.41) is 0. The van der Waals surface area contributed by atoms with Crippen LogP contribution in [0.2, 0.25) is 0 Å². The number of rotatable bonds is 6. The second kappa shape index (κ2) is 6.50. The monoisotopic (exact) mass is 240 g/mol. The van der Waals surface area contributed by atoms with Crippen molar-refractivity contribution in [3.63, 3.8) is 0 Å². The molecule has 0 radical (unpaired) electrons. The van der Waals surface area contributed by atoms with Crippen LogP contribution in [0.3, 0.4) is 0 Å². The predicted molar refractivity (Wildman–Crippen MR) is 72.2 cm³/mol. The molecule has 0 aromatic carbocycles. The number of piperidine rings is 1. The van der Waals surface area contributed by atoms with Crippen molar-refractivity contribution < 1.29 is 4.79 Å². The Balaban J connectivity index is 2.51. The molecule has 1 heterocycles. The zero-order valence-corrected chi connectivity index (χ0v) is 11.9. The van der Waals surface area contributed by atoms with E-state index in [1.807, 2.05) is 0 Å². The zero-order valence-electron chi connectivity index (χ0n) is 11.9. The summed E-state index contributed by atoms with van der Waals surface area (Å²) >= 11 is 0. The van der Waals surface area contributed by atoms with E-state index in [0.29, 0.717) is 6.04 Å². The normalized spacial score (nSPS) is 25.8. The van der Waals surface area contributed by atoms with Crippen LogP contribution in [0.25, 0.3) is 0 Å². The summed E-state index contributed by atoms with van der Waals surface area (Å²) in [5.74, 6) is 0. The molecule has 1 fully saturated rings. The quantitative estimate of drug-likeness (QED) is 0.664. The van der Waals surface area contributed by atoms with Crippen molar-refractivity contribution in [2.24, 2.45) is 5.41 Å². The molecule has 0 aromatic rings. The van der Waals surface area contributed by atoms with E-state index in [1.165, 1.54) is 19.4 Å². The van der Waals surface area contributed by atoms with Gasteiger partial charge in [0.1, 0.15) is 6.29 Å². The molecule has 0 N–H and O–H groups in total. The summed E-state index contributed by atoms with van der Waals surface area (Å²) in [7, 11) is 4.35. The highest BCUT2D eigenvalue weighted by Crippen LogP contribution is 2.24. The molecule has 0 aliphatic carbocycles. The van der Waals surface area contributed by atoms with E-state index in [-0.39, 0.29) is 5.41 Å². The largest absolute Gasteiger partial charge is 0.305 e. The van der Waals surface area contributed by atoms with Crippen LogP contribution in [-0.4, -0.2) is 55.9 Å². The molecule has 1 aliphatic rings. The Hall–Kier alpha value is -0.410. The lowest BCUT2D eigenvalue weighted by Gasteiger charge is -2.39. The van der Waals surface area contributed by atoms with E-state index in [2.05, 4.69) is 37.7 Å². The first-order valence-electron chi connectivity index (χ1n) is 6.86. The maximum atomic E-state index is 11.3. The van der Waals surface area contributed by atoms with Gasteiger partial charge in [-0.1, -0.05) is 20.3 Å².